The van der Waals surface area contributed by atoms with Gasteiger partial charge in [0.2, 0.25) is 5.13 Å². The van der Waals surface area contributed by atoms with Crippen molar-refractivity contribution >= 4 is 22.5 Å². The number of methoxy groups -OCH3 is 1. The summed E-state index contributed by atoms with van der Waals surface area (Å²) >= 11 is 1.36. The average Bonchev–Trinajstić information content (AvgIpc) is 3.21. The van der Waals surface area contributed by atoms with Gasteiger partial charge >= 0.3 is 6.03 Å². The highest BCUT2D eigenvalue weighted by atomic mass is 32.1. The number of aromatic nitrogens is 2. The van der Waals surface area contributed by atoms with Crippen LogP contribution in [0, 0.1) is 0 Å². The fourth-order valence-electron chi connectivity index (χ4n) is 3.08. The molecule has 2 unspecified atom stereocenters. The number of urea groups is 1. The molecule has 126 valence electrons. The van der Waals surface area contributed by atoms with Gasteiger partial charge in [-0.25, -0.2) is 4.79 Å². The van der Waals surface area contributed by atoms with Crippen LogP contribution in [0.15, 0.2) is 24.3 Å². The van der Waals surface area contributed by atoms with E-state index in [-0.39, 0.29) is 18.2 Å². The summed E-state index contributed by atoms with van der Waals surface area (Å²) < 4.78 is 10.9. The van der Waals surface area contributed by atoms with E-state index in [0.29, 0.717) is 18.2 Å². The van der Waals surface area contributed by atoms with Gasteiger partial charge in [0.15, 0.2) is 0 Å². The van der Waals surface area contributed by atoms with Gasteiger partial charge in [0.05, 0.1) is 19.3 Å². The van der Waals surface area contributed by atoms with Gasteiger partial charge in [-0.3, -0.25) is 5.32 Å². The van der Waals surface area contributed by atoms with Gasteiger partial charge in [-0.15, -0.1) is 10.2 Å². The molecule has 0 aliphatic carbocycles. The fraction of sp³-hybridized carbons (Fsp3) is 0.438. The fourth-order valence-corrected chi connectivity index (χ4v) is 3.81. The third kappa shape index (κ3) is 3.07. The van der Waals surface area contributed by atoms with E-state index in [1.165, 1.54) is 11.3 Å². The first-order valence-electron chi connectivity index (χ1n) is 7.90. The highest BCUT2D eigenvalue weighted by Gasteiger charge is 2.35. The van der Waals surface area contributed by atoms with Crippen LogP contribution in [0.4, 0.5) is 9.93 Å². The Kier molecular flexibility index (Phi) is 4.07. The molecule has 7 nitrogen and oxygen atoms in total. The van der Waals surface area contributed by atoms with Gasteiger partial charge in [0.1, 0.15) is 10.8 Å². The average molecular weight is 346 g/mol. The lowest BCUT2D eigenvalue weighted by atomic mass is 10.2. The minimum absolute atomic E-state index is 0.132. The molecule has 3 heterocycles. The molecule has 2 bridgehead atoms. The number of ether oxygens (including phenoxy) is 2. The highest BCUT2D eigenvalue weighted by molar-refractivity contribution is 7.18. The molecule has 0 saturated carbocycles. The van der Waals surface area contributed by atoms with Gasteiger partial charge in [0, 0.05) is 18.7 Å². The Morgan fingerprint density at radius 2 is 1.96 bits per heavy atom. The van der Waals surface area contributed by atoms with E-state index in [0.717, 1.165) is 29.2 Å². The second-order valence-electron chi connectivity index (χ2n) is 5.93. The number of rotatable bonds is 3. The van der Waals surface area contributed by atoms with Gasteiger partial charge in [-0.05, 0) is 37.1 Å². The third-order valence-corrected chi connectivity index (χ3v) is 5.19. The maximum absolute atomic E-state index is 12.4. The van der Waals surface area contributed by atoms with Crippen LogP contribution in [0.5, 0.6) is 5.75 Å². The van der Waals surface area contributed by atoms with E-state index >= 15 is 0 Å². The molecule has 2 fully saturated rings. The lowest BCUT2D eigenvalue weighted by Gasteiger charge is -2.31. The van der Waals surface area contributed by atoms with Crippen molar-refractivity contribution < 1.29 is 14.3 Å². The van der Waals surface area contributed by atoms with Crippen LogP contribution in [0.25, 0.3) is 10.6 Å². The number of benzene rings is 1. The van der Waals surface area contributed by atoms with Crippen LogP contribution in [-0.4, -0.2) is 53.5 Å². The second-order valence-corrected chi connectivity index (χ2v) is 6.91. The van der Waals surface area contributed by atoms with Gasteiger partial charge in [0.25, 0.3) is 0 Å². The largest absolute Gasteiger partial charge is 0.497 e. The monoisotopic (exact) mass is 346 g/mol. The van der Waals surface area contributed by atoms with E-state index < -0.39 is 0 Å². The van der Waals surface area contributed by atoms with Crippen LogP contribution < -0.4 is 10.1 Å². The molecule has 2 aliphatic rings. The first-order valence-corrected chi connectivity index (χ1v) is 8.72. The quantitative estimate of drug-likeness (QED) is 0.924. The Bertz CT molecular complexity index is 721. The van der Waals surface area contributed by atoms with E-state index in [2.05, 4.69) is 15.5 Å². The number of hydrogen-bond donors (Lipinski definition) is 1. The molecule has 24 heavy (non-hydrogen) atoms. The maximum Gasteiger partial charge on any atom is 0.323 e. The Labute approximate surface area is 143 Å². The Morgan fingerprint density at radius 1 is 1.25 bits per heavy atom. The van der Waals surface area contributed by atoms with Crippen LogP contribution in [0.1, 0.15) is 12.8 Å². The highest BCUT2D eigenvalue weighted by Crippen LogP contribution is 2.29. The molecule has 1 aromatic heterocycles. The molecule has 2 atom stereocenters. The molecule has 2 aliphatic heterocycles. The molecule has 0 radical (unpaired) electrons. The van der Waals surface area contributed by atoms with Crippen molar-refractivity contribution in [3.05, 3.63) is 24.3 Å². The van der Waals surface area contributed by atoms with Gasteiger partial charge in [-0.2, -0.15) is 0 Å². The number of amides is 2. The summed E-state index contributed by atoms with van der Waals surface area (Å²) in [5.41, 5.74) is 0.943. The van der Waals surface area contributed by atoms with E-state index in [9.17, 15) is 4.79 Å². The number of nitrogens with one attached hydrogen (secondary N) is 1. The smallest absolute Gasteiger partial charge is 0.323 e. The topological polar surface area (TPSA) is 76.6 Å². The summed E-state index contributed by atoms with van der Waals surface area (Å²) in [5, 5.41) is 12.3. The summed E-state index contributed by atoms with van der Waals surface area (Å²) in [6, 6.07) is 7.46. The normalized spacial score (nSPS) is 22.5. The first kappa shape index (κ1) is 15.3. The number of carbonyl (C=O) groups is 1. The summed E-state index contributed by atoms with van der Waals surface area (Å²) in [6.45, 7) is 1.29. The molecule has 2 aromatic rings. The zero-order valence-electron chi connectivity index (χ0n) is 13.3. The SMILES string of the molecule is COc1ccc(-c2nnc(NC(=O)N3CC4CCC(C3)O4)s2)cc1. The van der Waals surface area contributed by atoms with Crippen molar-refractivity contribution in [2.24, 2.45) is 0 Å². The molecular weight excluding hydrogens is 328 g/mol. The Balaban J connectivity index is 1.42. The van der Waals surface area contributed by atoms with Crippen LogP contribution in [0.3, 0.4) is 0 Å². The Hall–Kier alpha value is -2.19. The number of carbonyl (C=O) groups excluding carboxylic acids is 1. The molecule has 2 amide bonds. The van der Waals surface area contributed by atoms with Crippen LogP contribution in [0.2, 0.25) is 0 Å². The van der Waals surface area contributed by atoms with Crippen molar-refractivity contribution in [2.45, 2.75) is 25.0 Å². The van der Waals surface area contributed by atoms with Gasteiger partial charge in [-0.1, -0.05) is 11.3 Å². The van der Waals surface area contributed by atoms with Gasteiger partial charge < -0.3 is 14.4 Å². The molecule has 1 aromatic carbocycles. The predicted octanol–water partition coefficient (Wildman–Crippen LogP) is 2.61. The number of nitrogens with zero attached hydrogens (tertiary/aromatic N) is 3. The van der Waals surface area contributed by atoms with E-state index in [4.69, 9.17) is 9.47 Å². The number of morpholine rings is 1. The summed E-state index contributed by atoms with van der Waals surface area (Å²) in [4.78, 5) is 14.2. The Morgan fingerprint density at radius 3 is 2.62 bits per heavy atom. The minimum atomic E-state index is -0.132. The van der Waals surface area contributed by atoms with Crippen molar-refractivity contribution in [2.75, 3.05) is 25.5 Å². The number of likely N-dealkylation sites (tertiary alicyclic amines) is 1. The predicted molar refractivity (Wildman–Crippen MR) is 90.4 cm³/mol. The molecule has 8 heteroatoms. The van der Waals surface area contributed by atoms with Crippen molar-refractivity contribution in [3.63, 3.8) is 0 Å². The molecular formula is C16H18N4O3S. The standard InChI is InChI=1S/C16H18N4O3S/c1-22-11-4-2-10(3-5-11)14-18-19-15(24-14)17-16(21)20-8-12-6-7-13(9-20)23-12/h2-5,12-13H,6-9H2,1H3,(H,17,19,21). The molecule has 0 spiro atoms. The summed E-state index contributed by atoms with van der Waals surface area (Å²) in [7, 11) is 1.63. The summed E-state index contributed by atoms with van der Waals surface area (Å²) in [6.07, 6.45) is 2.43. The third-order valence-electron chi connectivity index (χ3n) is 4.31. The number of anilines is 1. The molecule has 1 N–H and O–H groups in total. The number of hydrogen-bond acceptors (Lipinski definition) is 6. The summed E-state index contributed by atoms with van der Waals surface area (Å²) in [5.74, 6) is 0.790. The second kappa shape index (κ2) is 6.37. The molecule has 4 rings (SSSR count). The minimum Gasteiger partial charge on any atom is -0.497 e. The zero-order valence-corrected chi connectivity index (χ0v) is 14.1. The first-order chi connectivity index (χ1) is 11.7. The van der Waals surface area contributed by atoms with Crippen molar-refractivity contribution in [1.29, 1.82) is 0 Å². The zero-order chi connectivity index (χ0) is 16.5. The van der Waals surface area contributed by atoms with Crippen molar-refractivity contribution in [3.8, 4) is 16.3 Å². The maximum atomic E-state index is 12.4. The lowest BCUT2D eigenvalue weighted by Crippen LogP contribution is -2.47. The lowest BCUT2D eigenvalue weighted by molar-refractivity contribution is -0.0219. The van der Waals surface area contributed by atoms with Crippen molar-refractivity contribution in [1.82, 2.24) is 15.1 Å². The van der Waals surface area contributed by atoms with Crippen LogP contribution >= 0.6 is 11.3 Å². The van der Waals surface area contributed by atoms with E-state index in [1.54, 1.807) is 12.0 Å². The molecule has 2 saturated heterocycles. The number of fused-ring (bicyclic) bond motifs is 2. The van der Waals surface area contributed by atoms with E-state index in [1.807, 2.05) is 24.3 Å². The van der Waals surface area contributed by atoms with Crippen LogP contribution in [-0.2, 0) is 4.74 Å².